The van der Waals surface area contributed by atoms with Crippen LogP contribution in [0.4, 0.5) is 4.79 Å². The topological polar surface area (TPSA) is 72.8 Å². The number of rotatable bonds is 4. The van der Waals surface area contributed by atoms with Crippen molar-refractivity contribution in [2.75, 3.05) is 7.11 Å². The van der Waals surface area contributed by atoms with E-state index in [1.807, 2.05) is 13.8 Å². The molecule has 0 aliphatic rings. The molecule has 1 N–H and O–H groups in total. The molecule has 1 atom stereocenters. The largest absolute Gasteiger partial charge is 0.508 e. The van der Waals surface area contributed by atoms with E-state index < -0.39 is 18.2 Å². The molecule has 0 aliphatic carbocycles. The van der Waals surface area contributed by atoms with Gasteiger partial charge in [-0.3, -0.25) is 0 Å². The minimum Gasteiger partial charge on any atom is -0.478 e. The molecule has 0 spiro atoms. The van der Waals surface area contributed by atoms with E-state index in [-0.39, 0.29) is 11.5 Å². The maximum atomic E-state index is 10.8. The summed E-state index contributed by atoms with van der Waals surface area (Å²) in [5.74, 6) is -1.03. The van der Waals surface area contributed by atoms with Crippen molar-refractivity contribution >= 4 is 12.1 Å². The average molecular weight is 216 g/mol. The van der Waals surface area contributed by atoms with Gasteiger partial charge < -0.3 is 14.6 Å². The molecule has 5 nitrogen and oxygen atoms in total. The Morgan fingerprint density at radius 2 is 1.80 bits per heavy atom. The lowest BCUT2D eigenvalue weighted by Crippen LogP contribution is -2.22. The van der Waals surface area contributed by atoms with Gasteiger partial charge in [-0.15, -0.1) is 0 Å². The predicted octanol–water partition coefficient (Wildman–Crippen LogP) is 1.82. The highest BCUT2D eigenvalue weighted by Crippen LogP contribution is 2.11. The van der Waals surface area contributed by atoms with E-state index in [4.69, 9.17) is 9.84 Å². The lowest BCUT2D eigenvalue weighted by atomic mass is 10.1. The van der Waals surface area contributed by atoms with Crippen molar-refractivity contribution in [3.05, 3.63) is 11.6 Å². The van der Waals surface area contributed by atoms with Crippen LogP contribution in [0, 0.1) is 5.92 Å². The van der Waals surface area contributed by atoms with Gasteiger partial charge in [0.05, 0.1) is 12.7 Å². The summed E-state index contributed by atoms with van der Waals surface area (Å²) in [5, 5.41) is 8.88. The van der Waals surface area contributed by atoms with E-state index in [9.17, 15) is 9.59 Å². The van der Waals surface area contributed by atoms with Crippen molar-refractivity contribution in [1.29, 1.82) is 0 Å². The van der Waals surface area contributed by atoms with Crippen molar-refractivity contribution in [2.24, 2.45) is 5.92 Å². The fraction of sp³-hybridized carbons (Fsp3) is 0.600. The monoisotopic (exact) mass is 216 g/mol. The molecular weight excluding hydrogens is 200 g/mol. The number of hydrogen-bond acceptors (Lipinski definition) is 4. The Morgan fingerprint density at radius 1 is 1.27 bits per heavy atom. The van der Waals surface area contributed by atoms with E-state index in [0.29, 0.717) is 0 Å². The van der Waals surface area contributed by atoms with Gasteiger partial charge in [0.15, 0.2) is 0 Å². The number of carbonyl (C=O) groups is 2. The number of carboxylic acid groups (broad SMARTS) is 1. The van der Waals surface area contributed by atoms with Crippen molar-refractivity contribution < 1.29 is 24.2 Å². The Balaban J connectivity index is 4.64. The van der Waals surface area contributed by atoms with E-state index in [0.717, 1.165) is 0 Å². The Bertz CT molecular complexity index is 267. The van der Waals surface area contributed by atoms with Gasteiger partial charge in [0.2, 0.25) is 0 Å². The molecule has 5 heteroatoms. The second-order valence-electron chi connectivity index (χ2n) is 3.39. The van der Waals surface area contributed by atoms with Gasteiger partial charge in [0.25, 0.3) is 0 Å². The second kappa shape index (κ2) is 6.06. The Hall–Kier alpha value is -1.52. The summed E-state index contributed by atoms with van der Waals surface area (Å²) in [6, 6.07) is 0. The first kappa shape index (κ1) is 13.5. The molecule has 0 heterocycles. The Morgan fingerprint density at radius 3 is 2.13 bits per heavy atom. The van der Waals surface area contributed by atoms with Crippen LogP contribution in [0.25, 0.3) is 0 Å². The quantitative estimate of drug-likeness (QED) is 0.573. The number of methoxy groups -OCH3 is 1. The minimum atomic E-state index is -1.10. The Kier molecular flexibility index (Phi) is 5.44. The molecule has 86 valence electrons. The van der Waals surface area contributed by atoms with Gasteiger partial charge in [-0.1, -0.05) is 19.9 Å². The summed E-state index contributed by atoms with van der Waals surface area (Å²) in [7, 11) is 1.17. The van der Waals surface area contributed by atoms with Crippen LogP contribution >= 0.6 is 0 Å². The number of carbonyl (C=O) groups excluding carboxylic acids is 1. The smallest absolute Gasteiger partial charge is 0.478 e. The third-order valence-corrected chi connectivity index (χ3v) is 1.64. The predicted molar refractivity (Wildman–Crippen MR) is 53.5 cm³/mol. The van der Waals surface area contributed by atoms with Crippen LogP contribution in [-0.4, -0.2) is 30.4 Å². The van der Waals surface area contributed by atoms with Crippen LogP contribution in [0.3, 0.4) is 0 Å². The highest BCUT2D eigenvalue weighted by Gasteiger charge is 2.20. The molecular formula is C10H16O5. The fourth-order valence-corrected chi connectivity index (χ4v) is 0.996. The van der Waals surface area contributed by atoms with Gasteiger partial charge in [0, 0.05) is 0 Å². The highest BCUT2D eigenvalue weighted by molar-refractivity contribution is 5.88. The van der Waals surface area contributed by atoms with Crippen LogP contribution in [0.2, 0.25) is 0 Å². The number of carboxylic acids is 1. The highest BCUT2D eigenvalue weighted by atomic mass is 16.7. The first-order chi connectivity index (χ1) is 6.88. The van der Waals surface area contributed by atoms with Crippen molar-refractivity contribution in [2.45, 2.75) is 26.9 Å². The molecule has 0 radical (unpaired) electrons. The summed E-state index contributed by atoms with van der Waals surface area (Å²) in [4.78, 5) is 21.6. The molecule has 0 fully saturated rings. The standard InChI is InChI=1S/C10H16O5/c1-6(2)5-8(9(11)12)7(3)15-10(13)14-4/h5-7H,1-4H3,(H,11,12)/b8-5-. The van der Waals surface area contributed by atoms with E-state index in [1.165, 1.54) is 20.1 Å². The van der Waals surface area contributed by atoms with E-state index in [2.05, 4.69) is 4.74 Å². The number of ether oxygens (including phenoxy) is 2. The molecule has 15 heavy (non-hydrogen) atoms. The van der Waals surface area contributed by atoms with Crippen molar-refractivity contribution in [3.8, 4) is 0 Å². The molecule has 0 saturated carbocycles. The summed E-state index contributed by atoms with van der Waals surface area (Å²) in [6.07, 6.45) is -0.175. The lowest BCUT2D eigenvalue weighted by Gasteiger charge is -2.13. The van der Waals surface area contributed by atoms with Crippen molar-refractivity contribution in [1.82, 2.24) is 0 Å². The average Bonchev–Trinajstić information content (AvgIpc) is 2.12. The molecule has 1 unspecified atom stereocenters. The van der Waals surface area contributed by atoms with Crippen LogP contribution in [0.5, 0.6) is 0 Å². The third-order valence-electron chi connectivity index (χ3n) is 1.64. The maximum Gasteiger partial charge on any atom is 0.508 e. The number of allylic oxidation sites excluding steroid dienone is 1. The van der Waals surface area contributed by atoms with Crippen molar-refractivity contribution in [3.63, 3.8) is 0 Å². The van der Waals surface area contributed by atoms with Crippen LogP contribution in [0.1, 0.15) is 20.8 Å². The summed E-state index contributed by atoms with van der Waals surface area (Å²) in [6.45, 7) is 5.17. The molecule has 0 amide bonds. The first-order valence-corrected chi connectivity index (χ1v) is 4.58. The van der Waals surface area contributed by atoms with Crippen LogP contribution in [-0.2, 0) is 14.3 Å². The summed E-state index contributed by atoms with van der Waals surface area (Å²) >= 11 is 0. The molecule has 0 aromatic rings. The zero-order valence-electron chi connectivity index (χ0n) is 9.31. The molecule has 0 aliphatic heterocycles. The first-order valence-electron chi connectivity index (χ1n) is 4.58. The lowest BCUT2D eigenvalue weighted by molar-refractivity contribution is -0.133. The zero-order chi connectivity index (χ0) is 12.0. The van der Waals surface area contributed by atoms with Gasteiger partial charge in [-0.05, 0) is 12.8 Å². The van der Waals surface area contributed by atoms with Gasteiger partial charge in [0.1, 0.15) is 6.10 Å². The second-order valence-corrected chi connectivity index (χ2v) is 3.39. The molecule has 0 rings (SSSR count). The summed E-state index contributed by atoms with van der Waals surface area (Å²) in [5.41, 5.74) is 0.0513. The molecule has 0 saturated heterocycles. The number of aliphatic carboxylic acids is 1. The molecule has 0 bridgehead atoms. The normalized spacial score (nSPS) is 13.5. The van der Waals surface area contributed by atoms with Gasteiger partial charge in [-0.2, -0.15) is 0 Å². The Labute approximate surface area is 88.7 Å². The molecule has 0 aromatic carbocycles. The maximum absolute atomic E-state index is 10.8. The van der Waals surface area contributed by atoms with Gasteiger partial charge >= 0.3 is 12.1 Å². The SMILES string of the molecule is COC(=O)OC(C)/C(=C/C(C)C)C(=O)O. The fourth-order valence-electron chi connectivity index (χ4n) is 0.996. The molecule has 0 aromatic heterocycles. The van der Waals surface area contributed by atoms with E-state index in [1.54, 1.807) is 0 Å². The van der Waals surface area contributed by atoms with Crippen LogP contribution in [0.15, 0.2) is 11.6 Å². The summed E-state index contributed by atoms with van der Waals surface area (Å²) < 4.78 is 8.99. The third kappa shape index (κ3) is 5.05. The van der Waals surface area contributed by atoms with E-state index >= 15 is 0 Å². The minimum absolute atomic E-state index is 0.0513. The zero-order valence-corrected chi connectivity index (χ0v) is 9.31. The van der Waals surface area contributed by atoms with Gasteiger partial charge in [-0.25, -0.2) is 9.59 Å². The number of hydrogen-bond donors (Lipinski definition) is 1. The van der Waals surface area contributed by atoms with Crippen LogP contribution < -0.4 is 0 Å².